The number of hydrogen-bond donors (Lipinski definition) is 3. The van der Waals surface area contributed by atoms with Crippen LogP contribution >= 0.6 is 0 Å². The second-order valence-electron chi connectivity index (χ2n) is 3.74. The number of carbonyl (C=O) groups is 3. The highest BCUT2D eigenvalue weighted by atomic mass is 16.5. The Labute approximate surface area is 105 Å². The van der Waals surface area contributed by atoms with Crippen LogP contribution in [0.4, 0.5) is 4.79 Å². The van der Waals surface area contributed by atoms with Crippen LogP contribution < -0.4 is 10.6 Å². The summed E-state index contributed by atoms with van der Waals surface area (Å²) in [5.74, 6) is -1.25. The summed E-state index contributed by atoms with van der Waals surface area (Å²) in [6, 6.07) is -0.537. The predicted octanol–water partition coefficient (Wildman–Crippen LogP) is -1.14. The molecule has 18 heavy (non-hydrogen) atoms. The van der Waals surface area contributed by atoms with Crippen LogP contribution in [-0.2, 0) is 14.3 Å². The summed E-state index contributed by atoms with van der Waals surface area (Å²) in [6.45, 7) is 0.0485. The Kier molecular flexibility index (Phi) is 7.45. The van der Waals surface area contributed by atoms with Crippen molar-refractivity contribution in [2.75, 3.05) is 34.3 Å². The number of methoxy groups -OCH3 is 1. The van der Waals surface area contributed by atoms with Crippen molar-refractivity contribution < 1.29 is 24.2 Å². The second-order valence-corrected chi connectivity index (χ2v) is 3.74. The normalized spacial score (nSPS) is 11.5. The predicted molar refractivity (Wildman–Crippen MR) is 63.1 cm³/mol. The maximum atomic E-state index is 11.2. The average molecular weight is 261 g/mol. The number of ether oxygens (including phenoxy) is 1. The van der Waals surface area contributed by atoms with Crippen molar-refractivity contribution in [3.63, 3.8) is 0 Å². The van der Waals surface area contributed by atoms with Crippen LogP contribution in [0, 0.1) is 0 Å². The van der Waals surface area contributed by atoms with Crippen LogP contribution in [0.25, 0.3) is 0 Å². The van der Waals surface area contributed by atoms with Crippen LogP contribution in [0.15, 0.2) is 0 Å². The zero-order valence-electron chi connectivity index (χ0n) is 10.7. The molecule has 3 amide bonds. The fraction of sp³-hybridized carbons (Fsp3) is 0.700. The third-order valence-corrected chi connectivity index (χ3v) is 2.13. The van der Waals surface area contributed by atoms with Gasteiger partial charge in [-0.25, -0.2) is 9.59 Å². The molecule has 8 nitrogen and oxygen atoms in total. The van der Waals surface area contributed by atoms with Crippen LogP contribution in [-0.4, -0.2) is 68.3 Å². The number of carboxylic acids is 1. The van der Waals surface area contributed by atoms with Gasteiger partial charge in [-0.3, -0.25) is 4.79 Å². The van der Waals surface area contributed by atoms with Gasteiger partial charge in [-0.1, -0.05) is 0 Å². The lowest BCUT2D eigenvalue weighted by molar-refractivity contribution is -0.148. The highest BCUT2D eigenvalue weighted by Crippen LogP contribution is 1.88. The Morgan fingerprint density at radius 2 is 1.89 bits per heavy atom. The van der Waals surface area contributed by atoms with Crippen molar-refractivity contribution in [1.29, 1.82) is 0 Å². The molecular weight excluding hydrogens is 242 g/mol. The van der Waals surface area contributed by atoms with E-state index < -0.39 is 18.1 Å². The van der Waals surface area contributed by atoms with Gasteiger partial charge in [0.25, 0.3) is 0 Å². The number of amides is 3. The molecule has 0 saturated carbocycles. The molecule has 0 aromatic carbocycles. The number of nitrogens with zero attached hydrogens (tertiary/aromatic N) is 1. The number of urea groups is 1. The number of rotatable bonds is 7. The Morgan fingerprint density at radius 1 is 1.28 bits per heavy atom. The van der Waals surface area contributed by atoms with Crippen molar-refractivity contribution in [1.82, 2.24) is 15.5 Å². The van der Waals surface area contributed by atoms with E-state index in [9.17, 15) is 14.4 Å². The lowest BCUT2D eigenvalue weighted by Gasteiger charge is -2.13. The van der Waals surface area contributed by atoms with Gasteiger partial charge in [-0.15, -0.1) is 0 Å². The van der Waals surface area contributed by atoms with Gasteiger partial charge in [-0.05, 0) is 0 Å². The summed E-state index contributed by atoms with van der Waals surface area (Å²) in [6.07, 6.45) is -0.897. The van der Waals surface area contributed by atoms with Crippen LogP contribution in [0.5, 0.6) is 0 Å². The Bertz CT molecular complexity index is 306. The van der Waals surface area contributed by atoms with Crippen molar-refractivity contribution >= 4 is 17.9 Å². The largest absolute Gasteiger partial charge is 0.479 e. The maximum Gasteiger partial charge on any atom is 0.334 e. The summed E-state index contributed by atoms with van der Waals surface area (Å²) in [7, 11) is 4.49. The van der Waals surface area contributed by atoms with E-state index in [4.69, 9.17) is 5.11 Å². The molecule has 0 aromatic rings. The molecule has 1 unspecified atom stereocenters. The SMILES string of the molecule is COC(CNC(=O)NCCC(=O)N(C)C)C(=O)O. The lowest BCUT2D eigenvalue weighted by atomic mass is 10.3. The van der Waals surface area contributed by atoms with Gasteiger partial charge in [0.1, 0.15) is 0 Å². The molecule has 0 heterocycles. The van der Waals surface area contributed by atoms with Crippen LogP contribution in [0.1, 0.15) is 6.42 Å². The summed E-state index contributed by atoms with van der Waals surface area (Å²) < 4.78 is 4.63. The number of carbonyl (C=O) groups excluding carboxylic acids is 2. The molecule has 1 atom stereocenters. The number of aliphatic carboxylic acids is 1. The van der Waals surface area contributed by atoms with Gasteiger partial charge in [0.2, 0.25) is 5.91 Å². The zero-order chi connectivity index (χ0) is 14.1. The van der Waals surface area contributed by atoms with Crippen LogP contribution in [0.2, 0.25) is 0 Å². The molecule has 0 fully saturated rings. The van der Waals surface area contributed by atoms with Gasteiger partial charge in [0, 0.05) is 34.2 Å². The molecule has 3 N–H and O–H groups in total. The zero-order valence-corrected chi connectivity index (χ0v) is 10.7. The number of hydrogen-bond acceptors (Lipinski definition) is 4. The van der Waals surface area contributed by atoms with E-state index in [1.807, 2.05) is 0 Å². The van der Waals surface area contributed by atoms with E-state index in [2.05, 4.69) is 15.4 Å². The van der Waals surface area contributed by atoms with Gasteiger partial charge in [-0.2, -0.15) is 0 Å². The quantitative estimate of drug-likeness (QED) is 0.537. The lowest BCUT2D eigenvalue weighted by Crippen LogP contribution is -2.43. The second kappa shape index (κ2) is 8.29. The topological polar surface area (TPSA) is 108 Å². The maximum absolute atomic E-state index is 11.2. The highest BCUT2D eigenvalue weighted by molar-refractivity contribution is 5.78. The summed E-state index contributed by atoms with van der Waals surface area (Å²) in [5, 5.41) is 13.4. The molecule has 0 bridgehead atoms. The Balaban J connectivity index is 3.78. The minimum Gasteiger partial charge on any atom is -0.479 e. The molecule has 0 saturated heterocycles. The third-order valence-electron chi connectivity index (χ3n) is 2.13. The number of carboxylic acid groups (broad SMARTS) is 1. The standard InChI is InChI=1S/C10H19N3O5/c1-13(2)8(14)4-5-11-10(17)12-6-7(18-3)9(15)16/h7H,4-6H2,1-3H3,(H,15,16)(H2,11,12,17). The molecular formula is C10H19N3O5. The number of nitrogens with one attached hydrogen (secondary N) is 2. The minimum atomic E-state index is -1.15. The third kappa shape index (κ3) is 6.69. The first kappa shape index (κ1) is 16.2. The molecule has 0 rings (SSSR count). The molecule has 0 aliphatic rings. The molecule has 104 valence electrons. The molecule has 0 radical (unpaired) electrons. The summed E-state index contributed by atoms with van der Waals surface area (Å²) in [5.41, 5.74) is 0. The smallest absolute Gasteiger partial charge is 0.334 e. The molecule has 0 spiro atoms. The van der Waals surface area contributed by atoms with Gasteiger partial charge >= 0.3 is 12.0 Å². The first-order chi connectivity index (χ1) is 8.38. The van der Waals surface area contributed by atoms with Crippen molar-refractivity contribution in [2.24, 2.45) is 0 Å². The monoisotopic (exact) mass is 261 g/mol. The first-order valence-corrected chi connectivity index (χ1v) is 5.36. The van der Waals surface area contributed by atoms with Gasteiger partial charge < -0.3 is 25.4 Å². The van der Waals surface area contributed by atoms with E-state index in [1.54, 1.807) is 14.1 Å². The molecule has 0 aromatic heterocycles. The Morgan fingerprint density at radius 3 is 2.33 bits per heavy atom. The fourth-order valence-corrected chi connectivity index (χ4v) is 1.03. The van der Waals surface area contributed by atoms with E-state index in [1.165, 1.54) is 12.0 Å². The van der Waals surface area contributed by atoms with Gasteiger partial charge in [0.05, 0.1) is 6.54 Å². The van der Waals surface area contributed by atoms with E-state index in [0.717, 1.165) is 0 Å². The fourth-order valence-electron chi connectivity index (χ4n) is 1.03. The van der Waals surface area contributed by atoms with Crippen molar-refractivity contribution in [3.8, 4) is 0 Å². The van der Waals surface area contributed by atoms with E-state index >= 15 is 0 Å². The molecule has 0 aliphatic carbocycles. The van der Waals surface area contributed by atoms with Crippen molar-refractivity contribution in [2.45, 2.75) is 12.5 Å². The first-order valence-electron chi connectivity index (χ1n) is 5.36. The average Bonchev–Trinajstić information content (AvgIpc) is 2.29. The van der Waals surface area contributed by atoms with Crippen LogP contribution in [0.3, 0.4) is 0 Å². The van der Waals surface area contributed by atoms with Crippen molar-refractivity contribution in [3.05, 3.63) is 0 Å². The summed E-state index contributed by atoms with van der Waals surface area (Å²) >= 11 is 0. The highest BCUT2D eigenvalue weighted by Gasteiger charge is 2.16. The van der Waals surface area contributed by atoms with E-state index in [0.29, 0.717) is 0 Å². The summed E-state index contributed by atoms with van der Waals surface area (Å²) in [4.78, 5) is 34.4. The Hall–Kier alpha value is -1.83. The van der Waals surface area contributed by atoms with E-state index in [-0.39, 0.29) is 25.4 Å². The molecule has 0 aliphatic heterocycles. The van der Waals surface area contributed by atoms with Gasteiger partial charge in [0.15, 0.2) is 6.10 Å². The minimum absolute atomic E-state index is 0.101. The molecule has 8 heteroatoms.